The molecule has 0 radical (unpaired) electrons. The van der Waals surface area contributed by atoms with Crippen molar-refractivity contribution >= 4 is 23.1 Å². The highest BCUT2D eigenvalue weighted by Crippen LogP contribution is 2.36. The van der Waals surface area contributed by atoms with Gasteiger partial charge in [-0.25, -0.2) is 4.98 Å². The Morgan fingerprint density at radius 1 is 1.14 bits per heavy atom. The van der Waals surface area contributed by atoms with Crippen molar-refractivity contribution in [3.63, 3.8) is 0 Å². The van der Waals surface area contributed by atoms with Crippen LogP contribution in [0.5, 0.6) is 0 Å². The van der Waals surface area contributed by atoms with E-state index in [0.717, 1.165) is 30.9 Å². The van der Waals surface area contributed by atoms with Gasteiger partial charge in [0.1, 0.15) is 0 Å². The van der Waals surface area contributed by atoms with Gasteiger partial charge in [0.25, 0.3) is 5.91 Å². The second-order valence-corrected chi connectivity index (χ2v) is 5.65. The lowest BCUT2D eigenvalue weighted by Crippen LogP contribution is -2.23. The molecule has 1 aromatic heterocycles. The molecule has 1 amide bonds. The van der Waals surface area contributed by atoms with Crippen LogP contribution in [0, 0.1) is 0 Å². The molecule has 0 fully saturated rings. The Kier molecular flexibility index (Phi) is 4.06. The van der Waals surface area contributed by atoms with Gasteiger partial charge in [0, 0.05) is 12.7 Å². The summed E-state index contributed by atoms with van der Waals surface area (Å²) < 4.78 is 0. The largest absolute Gasteiger partial charge is 0.338 e. The van der Waals surface area contributed by atoms with E-state index in [1.165, 1.54) is 0 Å². The molecule has 0 saturated carbocycles. The fourth-order valence-electron chi connectivity index (χ4n) is 2.70. The maximum absolute atomic E-state index is 12.4. The average molecular weight is 296 g/mol. The summed E-state index contributed by atoms with van der Waals surface area (Å²) in [5.74, 6) is 0.513. The lowest BCUT2D eigenvalue weighted by molar-refractivity contribution is 0.102. The molecule has 22 heavy (non-hydrogen) atoms. The van der Waals surface area contributed by atoms with E-state index in [4.69, 9.17) is 0 Å². The molecule has 2 aromatic rings. The third kappa shape index (κ3) is 2.80. The van der Waals surface area contributed by atoms with E-state index >= 15 is 0 Å². The second-order valence-electron chi connectivity index (χ2n) is 5.65. The number of pyridine rings is 1. The average Bonchev–Trinajstić information content (AvgIpc) is 2.63. The van der Waals surface area contributed by atoms with Gasteiger partial charge in [-0.05, 0) is 51.3 Å². The summed E-state index contributed by atoms with van der Waals surface area (Å²) in [4.78, 5) is 21.1. The first-order chi connectivity index (χ1) is 10.7. The molecular formula is C17H20N4O. The predicted molar refractivity (Wildman–Crippen MR) is 88.8 cm³/mol. The Bertz CT molecular complexity index is 684. The molecule has 1 N–H and O–H groups in total. The zero-order chi connectivity index (χ0) is 15.5. The van der Waals surface area contributed by atoms with E-state index in [1.807, 2.05) is 36.4 Å². The molecule has 5 heteroatoms. The van der Waals surface area contributed by atoms with Crippen molar-refractivity contribution < 1.29 is 4.79 Å². The van der Waals surface area contributed by atoms with Crippen LogP contribution in [-0.2, 0) is 0 Å². The van der Waals surface area contributed by atoms with Gasteiger partial charge >= 0.3 is 0 Å². The van der Waals surface area contributed by atoms with Crippen LogP contribution < -0.4 is 10.2 Å². The lowest BCUT2D eigenvalue weighted by atomic mass is 10.1. The number of carbonyl (C=O) groups excluding carboxylic acids is 1. The van der Waals surface area contributed by atoms with Crippen LogP contribution in [0.3, 0.4) is 0 Å². The molecule has 2 heterocycles. The number of aromatic nitrogens is 1. The third-order valence-corrected chi connectivity index (χ3v) is 3.74. The predicted octanol–water partition coefficient (Wildman–Crippen LogP) is 2.74. The minimum Gasteiger partial charge on any atom is -0.338 e. The molecule has 1 aliphatic rings. The van der Waals surface area contributed by atoms with Crippen LogP contribution >= 0.6 is 0 Å². The number of rotatable bonds is 4. The zero-order valence-corrected chi connectivity index (χ0v) is 12.9. The Hall–Kier alpha value is -2.40. The van der Waals surface area contributed by atoms with Crippen molar-refractivity contribution in [1.29, 1.82) is 0 Å². The summed E-state index contributed by atoms with van der Waals surface area (Å²) in [5, 5.41) is 2.91. The minimum absolute atomic E-state index is 0.106. The first-order valence-corrected chi connectivity index (χ1v) is 7.44. The van der Waals surface area contributed by atoms with E-state index in [-0.39, 0.29) is 5.91 Å². The van der Waals surface area contributed by atoms with Crippen LogP contribution in [0.4, 0.5) is 17.2 Å². The van der Waals surface area contributed by atoms with E-state index in [9.17, 15) is 4.79 Å². The summed E-state index contributed by atoms with van der Waals surface area (Å²) in [5.41, 5.74) is 2.57. The molecule has 1 aliphatic heterocycles. The van der Waals surface area contributed by atoms with Crippen LogP contribution in [0.1, 0.15) is 16.8 Å². The monoisotopic (exact) mass is 296 g/mol. The van der Waals surface area contributed by atoms with Gasteiger partial charge in [-0.3, -0.25) is 4.79 Å². The Morgan fingerprint density at radius 3 is 2.73 bits per heavy atom. The van der Waals surface area contributed by atoms with Gasteiger partial charge in [-0.2, -0.15) is 0 Å². The Balaban J connectivity index is 2.02. The van der Waals surface area contributed by atoms with Crippen molar-refractivity contribution in [2.75, 3.05) is 37.4 Å². The smallest absolute Gasteiger partial charge is 0.258 e. The summed E-state index contributed by atoms with van der Waals surface area (Å²) >= 11 is 0. The molecule has 0 saturated heterocycles. The Morgan fingerprint density at radius 2 is 1.91 bits per heavy atom. The first kappa shape index (κ1) is 14.5. The summed E-state index contributed by atoms with van der Waals surface area (Å²) in [6.45, 7) is 1.83. The number of para-hydroxylation sites is 1. The Labute approximate surface area is 130 Å². The van der Waals surface area contributed by atoms with E-state index in [1.54, 1.807) is 6.20 Å². The fourth-order valence-corrected chi connectivity index (χ4v) is 2.70. The molecule has 0 bridgehead atoms. The first-order valence-electron chi connectivity index (χ1n) is 7.44. The number of amides is 1. The van der Waals surface area contributed by atoms with Gasteiger partial charge in [-0.15, -0.1) is 0 Å². The quantitative estimate of drug-likeness (QED) is 0.942. The molecule has 0 unspecified atom stereocenters. The number of nitrogens with zero attached hydrogens (tertiary/aromatic N) is 3. The normalized spacial score (nSPS) is 13.4. The van der Waals surface area contributed by atoms with Gasteiger partial charge in [0.15, 0.2) is 5.82 Å². The highest BCUT2D eigenvalue weighted by atomic mass is 16.1. The van der Waals surface area contributed by atoms with Crippen molar-refractivity contribution in [2.24, 2.45) is 0 Å². The lowest BCUT2D eigenvalue weighted by Gasteiger charge is -2.26. The summed E-state index contributed by atoms with van der Waals surface area (Å²) in [6.07, 6.45) is 2.71. The number of hydrogen-bond donors (Lipinski definition) is 1. The fraction of sp³-hybridized carbons (Fsp3) is 0.294. The van der Waals surface area contributed by atoms with Crippen LogP contribution in [0.2, 0.25) is 0 Å². The van der Waals surface area contributed by atoms with Gasteiger partial charge in [0.2, 0.25) is 0 Å². The van der Waals surface area contributed by atoms with Crippen molar-refractivity contribution in [2.45, 2.75) is 6.42 Å². The van der Waals surface area contributed by atoms with Crippen LogP contribution in [0.15, 0.2) is 42.6 Å². The minimum atomic E-state index is -0.106. The molecule has 114 valence electrons. The number of anilines is 3. The number of hydrogen-bond acceptors (Lipinski definition) is 4. The molecule has 5 nitrogen and oxygen atoms in total. The van der Waals surface area contributed by atoms with E-state index in [2.05, 4.69) is 34.2 Å². The van der Waals surface area contributed by atoms with Crippen molar-refractivity contribution in [3.8, 4) is 0 Å². The standard InChI is InChI=1S/C17H20N4O/c1-20(2)11-6-12-21-14-8-4-3-7-13(14)17(22)19-16-15(21)9-5-10-18-16/h3-5,7-10H,6,11-12H2,1-2H3,(H,18,19,22). The maximum Gasteiger partial charge on any atom is 0.258 e. The van der Waals surface area contributed by atoms with Crippen molar-refractivity contribution in [3.05, 3.63) is 48.2 Å². The molecular weight excluding hydrogens is 276 g/mol. The molecule has 0 aliphatic carbocycles. The summed E-state index contributed by atoms with van der Waals surface area (Å²) in [6, 6.07) is 11.6. The number of benzene rings is 1. The van der Waals surface area contributed by atoms with Gasteiger partial charge in [0.05, 0.1) is 16.9 Å². The molecule has 1 aromatic carbocycles. The number of carbonyl (C=O) groups is 1. The topological polar surface area (TPSA) is 48.5 Å². The zero-order valence-electron chi connectivity index (χ0n) is 12.9. The highest BCUT2D eigenvalue weighted by molar-refractivity contribution is 6.11. The van der Waals surface area contributed by atoms with Gasteiger partial charge in [-0.1, -0.05) is 12.1 Å². The SMILES string of the molecule is CN(C)CCCN1c2ccccc2C(=O)Nc2ncccc21. The van der Waals surface area contributed by atoms with Crippen molar-refractivity contribution in [1.82, 2.24) is 9.88 Å². The molecule has 3 rings (SSSR count). The van der Waals surface area contributed by atoms with Crippen LogP contribution in [-0.4, -0.2) is 43.0 Å². The van der Waals surface area contributed by atoms with Gasteiger partial charge < -0.3 is 15.1 Å². The maximum atomic E-state index is 12.4. The number of fused-ring (bicyclic) bond motifs is 2. The second kappa shape index (κ2) is 6.15. The number of nitrogens with one attached hydrogen (secondary N) is 1. The third-order valence-electron chi connectivity index (χ3n) is 3.74. The summed E-state index contributed by atoms with van der Waals surface area (Å²) in [7, 11) is 4.13. The highest BCUT2D eigenvalue weighted by Gasteiger charge is 2.25. The molecule has 0 atom stereocenters. The molecule has 0 spiro atoms. The van der Waals surface area contributed by atoms with E-state index in [0.29, 0.717) is 11.4 Å². The van der Waals surface area contributed by atoms with Crippen LogP contribution in [0.25, 0.3) is 0 Å². The van der Waals surface area contributed by atoms with E-state index < -0.39 is 0 Å².